The average Bonchev–Trinajstić information content (AvgIpc) is 2.22. The van der Waals surface area contributed by atoms with Crippen molar-refractivity contribution < 1.29 is 0 Å². The van der Waals surface area contributed by atoms with Gasteiger partial charge in [-0.2, -0.15) is 0 Å². The van der Waals surface area contributed by atoms with Crippen molar-refractivity contribution in [2.45, 2.75) is 42.9 Å². The van der Waals surface area contributed by atoms with Gasteiger partial charge >= 0.3 is 0 Å². The van der Waals surface area contributed by atoms with E-state index in [0.717, 1.165) is 10.9 Å². The topological polar surface area (TPSA) is 25.8 Å². The molecule has 1 aliphatic rings. The van der Waals surface area contributed by atoms with Crippen molar-refractivity contribution in [2.75, 3.05) is 0 Å². The molecule has 0 spiro atoms. The van der Waals surface area contributed by atoms with Crippen LogP contribution in [0.15, 0.2) is 17.2 Å². The molecule has 0 aliphatic heterocycles. The lowest BCUT2D eigenvalue weighted by atomic mass is 9.91. The van der Waals surface area contributed by atoms with E-state index in [1.165, 1.54) is 25.7 Å². The van der Waals surface area contributed by atoms with Crippen LogP contribution in [0.1, 0.15) is 32.6 Å². The van der Waals surface area contributed by atoms with E-state index in [0.29, 0.717) is 10.4 Å². The highest BCUT2D eigenvalue weighted by atomic mass is 35.5. The quantitative estimate of drug-likeness (QED) is 0.789. The molecule has 2 atom stereocenters. The van der Waals surface area contributed by atoms with Crippen LogP contribution in [0.3, 0.4) is 0 Å². The summed E-state index contributed by atoms with van der Waals surface area (Å²) in [5, 5.41) is 10.1. The minimum Gasteiger partial charge on any atom is -0.143 e. The van der Waals surface area contributed by atoms with Crippen molar-refractivity contribution in [1.29, 1.82) is 0 Å². The summed E-state index contributed by atoms with van der Waals surface area (Å²) in [4.78, 5) is 0. The fraction of sp³-hybridized carbons (Fsp3) is 0.636. The molecule has 4 heteroatoms. The van der Waals surface area contributed by atoms with E-state index in [9.17, 15) is 0 Å². The van der Waals surface area contributed by atoms with Gasteiger partial charge in [-0.25, -0.2) is 0 Å². The molecule has 2 unspecified atom stereocenters. The summed E-state index contributed by atoms with van der Waals surface area (Å²) < 4.78 is 0. The molecule has 1 saturated carbocycles. The van der Waals surface area contributed by atoms with E-state index in [1.807, 2.05) is 23.9 Å². The lowest BCUT2D eigenvalue weighted by molar-refractivity contribution is 0.394. The van der Waals surface area contributed by atoms with E-state index in [-0.39, 0.29) is 0 Å². The lowest BCUT2D eigenvalue weighted by Gasteiger charge is -2.25. The van der Waals surface area contributed by atoms with E-state index < -0.39 is 0 Å². The van der Waals surface area contributed by atoms with E-state index >= 15 is 0 Å². The SMILES string of the molecule is CC1CCCC(Sc2ccc(Cl)nn2)C1. The second-order valence-electron chi connectivity index (χ2n) is 4.21. The molecule has 1 aliphatic carbocycles. The summed E-state index contributed by atoms with van der Waals surface area (Å²) in [6.07, 6.45) is 5.33. The first-order valence-corrected chi connectivity index (χ1v) is 6.65. The van der Waals surface area contributed by atoms with Gasteiger partial charge in [-0.05, 0) is 30.9 Å². The van der Waals surface area contributed by atoms with Gasteiger partial charge in [0.2, 0.25) is 0 Å². The molecule has 15 heavy (non-hydrogen) atoms. The minimum atomic E-state index is 0.469. The molecule has 0 amide bonds. The van der Waals surface area contributed by atoms with Gasteiger partial charge in [0, 0.05) is 5.25 Å². The van der Waals surface area contributed by atoms with Crippen LogP contribution >= 0.6 is 23.4 Å². The Bertz CT molecular complexity index is 315. The molecule has 0 N–H and O–H groups in total. The van der Waals surface area contributed by atoms with Crippen LogP contribution in [0, 0.1) is 5.92 Å². The number of halogens is 1. The van der Waals surface area contributed by atoms with Gasteiger partial charge in [0.1, 0.15) is 5.03 Å². The zero-order valence-electron chi connectivity index (χ0n) is 8.82. The third-order valence-corrected chi connectivity index (χ3v) is 4.21. The molecule has 0 radical (unpaired) electrons. The predicted octanol–water partition coefficient (Wildman–Crippen LogP) is 3.80. The molecular weight excluding hydrogens is 228 g/mol. The maximum Gasteiger partial charge on any atom is 0.151 e. The van der Waals surface area contributed by atoms with Crippen LogP contribution in [0.5, 0.6) is 0 Å². The first-order chi connectivity index (χ1) is 7.24. The number of hydrogen-bond donors (Lipinski definition) is 0. The summed E-state index contributed by atoms with van der Waals surface area (Å²) in [7, 11) is 0. The fourth-order valence-corrected chi connectivity index (χ4v) is 3.41. The monoisotopic (exact) mass is 242 g/mol. The van der Waals surface area contributed by atoms with Crippen LogP contribution in [0.4, 0.5) is 0 Å². The highest BCUT2D eigenvalue weighted by Crippen LogP contribution is 2.35. The van der Waals surface area contributed by atoms with Crippen molar-refractivity contribution in [3.63, 3.8) is 0 Å². The summed E-state index contributed by atoms with van der Waals surface area (Å²) in [5.41, 5.74) is 0. The average molecular weight is 243 g/mol. The molecule has 1 aromatic rings. The largest absolute Gasteiger partial charge is 0.151 e. The van der Waals surface area contributed by atoms with Gasteiger partial charge in [-0.1, -0.05) is 31.4 Å². The summed E-state index contributed by atoms with van der Waals surface area (Å²) >= 11 is 7.54. The first-order valence-electron chi connectivity index (χ1n) is 5.40. The number of hydrogen-bond acceptors (Lipinski definition) is 3. The van der Waals surface area contributed by atoms with Crippen molar-refractivity contribution in [3.8, 4) is 0 Å². The van der Waals surface area contributed by atoms with Crippen LogP contribution in [0.2, 0.25) is 5.15 Å². The first kappa shape index (κ1) is 11.2. The van der Waals surface area contributed by atoms with E-state index in [1.54, 1.807) is 0 Å². The van der Waals surface area contributed by atoms with Gasteiger partial charge in [0.25, 0.3) is 0 Å². The second-order valence-corrected chi connectivity index (χ2v) is 5.91. The van der Waals surface area contributed by atoms with Crippen LogP contribution < -0.4 is 0 Å². The van der Waals surface area contributed by atoms with Gasteiger partial charge in [-0.15, -0.1) is 22.0 Å². The van der Waals surface area contributed by atoms with E-state index in [4.69, 9.17) is 11.6 Å². The molecule has 1 heterocycles. The van der Waals surface area contributed by atoms with Gasteiger partial charge in [0.15, 0.2) is 5.15 Å². The Morgan fingerprint density at radius 1 is 1.33 bits per heavy atom. The number of rotatable bonds is 2. The summed E-state index contributed by atoms with van der Waals surface area (Å²) in [5.74, 6) is 0.858. The standard InChI is InChI=1S/C11H15ClN2S/c1-8-3-2-4-9(7-8)15-11-6-5-10(12)13-14-11/h5-6,8-9H,2-4,7H2,1H3. The molecule has 0 saturated heterocycles. The van der Waals surface area contributed by atoms with Crippen molar-refractivity contribution >= 4 is 23.4 Å². The smallest absolute Gasteiger partial charge is 0.143 e. The fourth-order valence-electron chi connectivity index (χ4n) is 2.02. The van der Waals surface area contributed by atoms with Crippen molar-refractivity contribution in [1.82, 2.24) is 10.2 Å². The zero-order valence-corrected chi connectivity index (χ0v) is 10.4. The molecule has 2 nitrogen and oxygen atoms in total. The molecule has 2 rings (SSSR count). The molecule has 82 valence electrons. The van der Waals surface area contributed by atoms with Crippen molar-refractivity contribution in [2.24, 2.45) is 5.92 Å². The van der Waals surface area contributed by atoms with Crippen LogP contribution in [-0.2, 0) is 0 Å². The van der Waals surface area contributed by atoms with Gasteiger partial charge in [0.05, 0.1) is 0 Å². The summed E-state index contributed by atoms with van der Waals surface area (Å²) in [6.45, 7) is 2.33. The van der Waals surface area contributed by atoms with Crippen molar-refractivity contribution in [3.05, 3.63) is 17.3 Å². The number of aromatic nitrogens is 2. The maximum atomic E-state index is 5.69. The Balaban J connectivity index is 1.93. The Morgan fingerprint density at radius 2 is 2.20 bits per heavy atom. The highest BCUT2D eigenvalue weighted by molar-refractivity contribution is 7.99. The highest BCUT2D eigenvalue weighted by Gasteiger charge is 2.20. The van der Waals surface area contributed by atoms with Crippen LogP contribution in [-0.4, -0.2) is 15.4 Å². The number of thioether (sulfide) groups is 1. The van der Waals surface area contributed by atoms with Gasteiger partial charge in [-0.3, -0.25) is 0 Å². The zero-order chi connectivity index (χ0) is 10.7. The minimum absolute atomic E-state index is 0.469. The Hall–Kier alpha value is -0.280. The molecule has 1 aromatic heterocycles. The lowest BCUT2D eigenvalue weighted by Crippen LogP contribution is -2.15. The molecule has 0 aromatic carbocycles. The van der Waals surface area contributed by atoms with Crippen LogP contribution in [0.25, 0.3) is 0 Å². The molecular formula is C11H15ClN2S. The number of nitrogens with zero attached hydrogens (tertiary/aromatic N) is 2. The van der Waals surface area contributed by atoms with E-state index in [2.05, 4.69) is 17.1 Å². The Morgan fingerprint density at radius 3 is 2.87 bits per heavy atom. The normalized spacial score (nSPS) is 26.5. The third kappa shape index (κ3) is 3.35. The van der Waals surface area contributed by atoms with Gasteiger partial charge < -0.3 is 0 Å². The maximum absolute atomic E-state index is 5.69. The summed E-state index contributed by atoms with van der Waals surface area (Å²) in [6, 6.07) is 3.77. The molecule has 1 fully saturated rings. The Kier molecular flexibility index (Phi) is 3.87. The predicted molar refractivity (Wildman–Crippen MR) is 64.3 cm³/mol. The Labute approximate surface area is 99.8 Å². The third-order valence-electron chi connectivity index (χ3n) is 2.78. The molecule has 0 bridgehead atoms. The second kappa shape index (κ2) is 5.17.